The summed E-state index contributed by atoms with van der Waals surface area (Å²) >= 11 is 0. The number of nitrogens with zero attached hydrogens (tertiary/aromatic N) is 2. The van der Waals surface area contributed by atoms with Crippen molar-refractivity contribution in [2.45, 2.75) is 31.5 Å². The van der Waals surface area contributed by atoms with Gasteiger partial charge in [0.15, 0.2) is 5.69 Å². The molecule has 0 spiro atoms. The van der Waals surface area contributed by atoms with E-state index < -0.39 is 11.9 Å². The van der Waals surface area contributed by atoms with E-state index in [9.17, 15) is 13.2 Å². The summed E-state index contributed by atoms with van der Waals surface area (Å²) in [7, 11) is 0. The van der Waals surface area contributed by atoms with Crippen LogP contribution in [-0.2, 0) is 6.18 Å². The number of nitrogen functional groups attached to an aromatic ring is 1. The Morgan fingerprint density at radius 1 is 1.35 bits per heavy atom. The summed E-state index contributed by atoms with van der Waals surface area (Å²) in [6.45, 7) is 1.91. The van der Waals surface area contributed by atoms with Gasteiger partial charge in [-0.3, -0.25) is 5.43 Å². The molecule has 4 N–H and O–H groups in total. The summed E-state index contributed by atoms with van der Waals surface area (Å²) in [6.07, 6.45) is -2.71. The SMILES string of the molecule is CC1(Nc2cc(C(F)(F)F)nc(NN)n2)CC1. The third-order valence-corrected chi connectivity index (χ3v) is 2.58. The van der Waals surface area contributed by atoms with Crippen LogP contribution in [0.15, 0.2) is 6.07 Å². The molecule has 0 aliphatic heterocycles. The second-order valence-corrected chi connectivity index (χ2v) is 4.29. The number of nitrogens with two attached hydrogens (primary N) is 1. The molecule has 1 aliphatic carbocycles. The van der Waals surface area contributed by atoms with Crippen LogP contribution in [-0.4, -0.2) is 15.5 Å². The number of hydrogen-bond donors (Lipinski definition) is 3. The van der Waals surface area contributed by atoms with E-state index in [-0.39, 0.29) is 17.3 Å². The molecule has 1 aromatic heterocycles. The Morgan fingerprint density at radius 2 is 2.00 bits per heavy atom. The quantitative estimate of drug-likeness (QED) is 0.560. The smallest absolute Gasteiger partial charge is 0.365 e. The standard InChI is InChI=1S/C9H12F3N5/c1-8(2-3-8)16-6-4-5(9(10,11)12)14-7(15-6)17-13/h4H,2-3,13H2,1H3,(H2,14,15,16,17). The Kier molecular flexibility index (Phi) is 2.61. The van der Waals surface area contributed by atoms with Crippen molar-refractivity contribution in [3.63, 3.8) is 0 Å². The Hall–Kier alpha value is -1.57. The maximum absolute atomic E-state index is 12.5. The Morgan fingerprint density at radius 3 is 2.47 bits per heavy atom. The Labute approximate surface area is 95.6 Å². The van der Waals surface area contributed by atoms with Crippen LogP contribution in [0, 0.1) is 0 Å². The van der Waals surface area contributed by atoms with Crippen LogP contribution >= 0.6 is 0 Å². The maximum Gasteiger partial charge on any atom is 0.433 e. The van der Waals surface area contributed by atoms with Gasteiger partial charge in [-0.2, -0.15) is 18.2 Å². The van der Waals surface area contributed by atoms with Gasteiger partial charge in [0.05, 0.1) is 0 Å². The van der Waals surface area contributed by atoms with Crippen LogP contribution in [0.4, 0.5) is 24.9 Å². The molecular weight excluding hydrogens is 235 g/mol. The minimum Gasteiger partial charge on any atom is -0.365 e. The molecule has 8 heteroatoms. The van der Waals surface area contributed by atoms with Crippen LogP contribution < -0.4 is 16.6 Å². The van der Waals surface area contributed by atoms with E-state index in [2.05, 4.69) is 15.3 Å². The average molecular weight is 247 g/mol. The van der Waals surface area contributed by atoms with E-state index in [0.29, 0.717) is 0 Å². The van der Waals surface area contributed by atoms with Gasteiger partial charge in [-0.1, -0.05) is 0 Å². The third kappa shape index (κ3) is 2.76. The lowest BCUT2D eigenvalue weighted by molar-refractivity contribution is -0.141. The number of nitrogens with one attached hydrogen (secondary N) is 2. The molecule has 1 saturated carbocycles. The van der Waals surface area contributed by atoms with Crippen molar-refractivity contribution in [1.29, 1.82) is 0 Å². The lowest BCUT2D eigenvalue weighted by Gasteiger charge is -2.15. The Bertz CT molecular complexity index is 427. The van der Waals surface area contributed by atoms with Crippen molar-refractivity contribution >= 4 is 11.8 Å². The molecular formula is C9H12F3N5. The minimum atomic E-state index is -4.52. The van der Waals surface area contributed by atoms with Crippen molar-refractivity contribution < 1.29 is 13.2 Å². The van der Waals surface area contributed by atoms with Crippen molar-refractivity contribution in [2.75, 3.05) is 10.7 Å². The molecule has 1 heterocycles. The summed E-state index contributed by atoms with van der Waals surface area (Å²) in [5, 5.41) is 2.93. The van der Waals surface area contributed by atoms with Gasteiger partial charge in [0, 0.05) is 11.6 Å². The number of alkyl halides is 3. The molecule has 17 heavy (non-hydrogen) atoms. The third-order valence-electron chi connectivity index (χ3n) is 2.58. The van der Waals surface area contributed by atoms with Crippen LogP contribution in [0.2, 0.25) is 0 Å². The predicted molar refractivity (Wildman–Crippen MR) is 56.1 cm³/mol. The fourth-order valence-electron chi connectivity index (χ4n) is 1.34. The van der Waals surface area contributed by atoms with E-state index in [4.69, 9.17) is 5.84 Å². The molecule has 0 amide bonds. The molecule has 0 radical (unpaired) electrons. The second-order valence-electron chi connectivity index (χ2n) is 4.29. The van der Waals surface area contributed by atoms with Crippen LogP contribution in [0.25, 0.3) is 0 Å². The number of aromatic nitrogens is 2. The molecule has 0 atom stereocenters. The van der Waals surface area contributed by atoms with Crippen LogP contribution in [0.1, 0.15) is 25.5 Å². The van der Waals surface area contributed by atoms with Gasteiger partial charge >= 0.3 is 6.18 Å². The zero-order valence-electron chi connectivity index (χ0n) is 9.10. The van der Waals surface area contributed by atoms with Gasteiger partial charge in [0.25, 0.3) is 0 Å². The highest BCUT2D eigenvalue weighted by atomic mass is 19.4. The normalized spacial score (nSPS) is 17.7. The number of anilines is 2. The molecule has 1 aromatic rings. The van der Waals surface area contributed by atoms with Gasteiger partial charge in [-0.25, -0.2) is 10.8 Å². The molecule has 1 aliphatic rings. The zero-order valence-corrected chi connectivity index (χ0v) is 9.10. The summed E-state index contributed by atoms with van der Waals surface area (Å²) in [4.78, 5) is 7.09. The minimum absolute atomic E-state index is 0.125. The molecule has 5 nitrogen and oxygen atoms in total. The lowest BCUT2D eigenvalue weighted by Crippen LogP contribution is -2.21. The van der Waals surface area contributed by atoms with Crippen molar-refractivity contribution in [3.8, 4) is 0 Å². The monoisotopic (exact) mass is 247 g/mol. The lowest BCUT2D eigenvalue weighted by atomic mass is 10.3. The maximum atomic E-state index is 12.5. The molecule has 0 saturated heterocycles. The summed E-state index contributed by atoms with van der Waals surface area (Å²) in [6, 6.07) is 0.879. The van der Waals surface area contributed by atoms with Crippen LogP contribution in [0.5, 0.6) is 0 Å². The fourth-order valence-corrected chi connectivity index (χ4v) is 1.34. The predicted octanol–water partition coefficient (Wildman–Crippen LogP) is 1.75. The number of hydrazine groups is 1. The molecule has 0 bridgehead atoms. The van der Waals surface area contributed by atoms with E-state index in [1.165, 1.54) is 0 Å². The summed E-state index contributed by atoms with van der Waals surface area (Å²) < 4.78 is 37.6. The largest absolute Gasteiger partial charge is 0.433 e. The first kappa shape index (κ1) is 11.9. The zero-order chi connectivity index (χ0) is 12.7. The highest BCUT2D eigenvalue weighted by Crippen LogP contribution is 2.38. The number of rotatable bonds is 3. The van der Waals surface area contributed by atoms with E-state index in [1.807, 2.05) is 12.3 Å². The topological polar surface area (TPSA) is 75.9 Å². The number of halogens is 3. The van der Waals surface area contributed by atoms with Gasteiger partial charge in [-0.05, 0) is 19.8 Å². The highest BCUT2D eigenvalue weighted by molar-refractivity contribution is 5.45. The van der Waals surface area contributed by atoms with Gasteiger partial charge in [0.1, 0.15) is 5.82 Å². The average Bonchev–Trinajstić information content (AvgIpc) is 2.94. The van der Waals surface area contributed by atoms with Crippen molar-refractivity contribution in [1.82, 2.24) is 9.97 Å². The van der Waals surface area contributed by atoms with Gasteiger partial charge in [0.2, 0.25) is 5.95 Å². The summed E-state index contributed by atoms with van der Waals surface area (Å²) in [5.74, 6) is 4.91. The first-order valence-corrected chi connectivity index (χ1v) is 5.03. The Balaban J connectivity index is 2.31. The van der Waals surface area contributed by atoms with Crippen molar-refractivity contribution in [3.05, 3.63) is 11.8 Å². The number of hydrogen-bond acceptors (Lipinski definition) is 5. The molecule has 0 aromatic carbocycles. The fraction of sp³-hybridized carbons (Fsp3) is 0.556. The first-order chi connectivity index (χ1) is 7.82. The van der Waals surface area contributed by atoms with E-state index >= 15 is 0 Å². The molecule has 1 fully saturated rings. The van der Waals surface area contributed by atoms with Crippen LogP contribution in [0.3, 0.4) is 0 Å². The highest BCUT2D eigenvalue weighted by Gasteiger charge is 2.39. The summed E-state index contributed by atoms with van der Waals surface area (Å²) in [5.41, 5.74) is 0.839. The molecule has 94 valence electrons. The van der Waals surface area contributed by atoms with E-state index in [1.54, 1.807) is 0 Å². The van der Waals surface area contributed by atoms with Gasteiger partial charge in [-0.15, -0.1) is 0 Å². The van der Waals surface area contributed by atoms with Crippen molar-refractivity contribution in [2.24, 2.45) is 5.84 Å². The molecule has 2 rings (SSSR count). The first-order valence-electron chi connectivity index (χ1n) is 5.03. The second kappa shape index (κ2) is 3.73. The van der Waals surface area contributed by atoms with E-state index in [0.717, 1.165) is 18.9 Å². The van der Waals surface area contributed by atoms with Gasteiger partial charge < -0.3 is 5.32 Å². The molecule has 0 unspecified atom stereocenters.